The van der Waals surface area contributed by atoms with Crippen LogP contribution in [-0.2, 0) is 4.79 Å². The van der Waals surface area contributed by atoms with E-state index in [0.29, 0.717) is 10.0 Å². The zero-order valence-corrected chi connectivity index (χ0v) is 11.4. The topological polar surface area (TPSA) is 57.1 Å². The van der Waals surface area contributed by atoms with Crippen LogP contribution in [-0.4, -0.2) is 16.1 Å². The van der Waals surface area contributed by atoms with Crippen LogP contribution in [0, 0.1) is 5.41 Å². The highest BCUT2D eigenvalue weighted by atomic mass is 32.2. The van der Waals surface area contributed by atoms with Gasteiger partial charge in [-0.25, -0.2) is 9.88 Å². The molecule has 1 aliphatic rings. The van der Waals surface area contributed by atoms with Gasteiger partial charge in [-0.15, -0.1) is 11.3 Å². The Bertz CT molecular complexity index is 650. The molecule has 0 atom stereocenters. The second-order valence-electron chi connectivity index (χ2n) is 3.78. The largest absolute Gasteiger partial charge is 0.278 e. The molecule has 1 N–H and O–H groups in total. The van der Waals surface area contributed by atoms with Crippen molar-refractivity contribution in [3.8, 4) is 0 Å². The summed E-state index contributed by atoms with van der Waals surface area (Å²) in [6.07, 6.45) is 3.43. The van der Waals surface area contributed by atoms with E-state index in [1.807, 2.05) is 30.3 Å². The molecule has 0 saturated carbocycles. The molecule has 19 heavy (non-hydrogen) atoms. The van der Waals surface area contributed by atoms with E-state index in [4.69, 9.17) is 5.41 Å². The highest BCUT2D eigenvalue weighted by Gasteiger charge is 2.34. The van der Waals surface area contributed by atoms with Crippen LogP contribution >= 0.6 is 23.1 Å². The highest BCUT2D eigenvalue weighted by Crippen LogP contribution is 2.35. The van der Waals surface area contributed by atoms with Gasteiger partial charge in [-0.05, 0) is 23.4 Å². The van der Waals surface area contributed by atoms with Crippen molar-refractivity contribution in [2.75, 3.05) is 4.90 Å². The summed E-state index contributed by atoms with van der Waals surface area (Å²) in [5, 5.41) is 10.4. The number of nitrogens with zero attached hydrogens (tertiary/aromatic N) is 2. The predicted octanol–water partition coefficient (Wildman–Crippen LogP) is 3.20. The van der Waals surface area contributed by atoms with Crippen LogP contribution in [0.2, 0.25) is 0 Å². The minimum absolute atomic E-state index is 0.186. The Morgan fingerprint density at radius 3 is 2.74 bits per heavy atom. The average Bonchev–Trinajstić information content (AvgIpc) is 3.01. The number of aromatic nitrogens is 1. The van der Waals surface area contributed by atoms with E-state index in [1.165, 1.54) is 16.2 Å². The van der Waals surface area contributed by atoms with Crippen LogP contribution in [0.1, 0.15) is 5.56 Å². The monoisotopic (exact) mass is 287 g/mol. The lowest BCUT2D eigenvalue weighted by Crippen LogP contribution is -2.27. The Morgan fingerprint density at radius 1 is 1.26 bits per heavy atom. The van der Waals surface area contributed by atoms with Gasteiger partial charge >= 0.3 is 0 Å². The van der Waals surface area contributed by atoms with E-state index in [0.717, 1.165) is 17.3 Å². The van der Waals surface area contributed by atoms with E-state index in [9.17, 15) is 4.79 Å². The van der Waals surface area contributed by atoms with Gasteiger partial charge < -0.3 is 0 Å². The van der Waals surface area contributed by atoms with Gasteiger partial charge in [0.15, 0.2) is 10.3 Å². The third-order valence-electron chi connectivity index (χ3n) is 2.53. The molecule has 0 spiro atoms. The normalized spacial score (nSPS) is 17.5. The fourth-order valence-corrected chi connectivity index (χ4v) is 3.23. The van der Waals surface area contributed by atoms with E-state index in [1.54, 1.807) is 17.7 Å². The molecule has 0 unspecified atom stereocenters. The van der Waals surface area contributed by atoms with Gasteiger partial charge in [-0.2, -0.15) is 0 Å². The molecule has 6 heteroatoms. The van der Waals surface area contributed by atoms with Crippen molar-refractivity contribution in [1.82, 2.24) is 4.98 Å². The molecule has 2 heterocycles. The van der Waals surface area contributed by atoms with Crippen LogP contribution in [0.25, 0.3) is 6.08 Å². The number of nitrogens with one attached hydrogen (secondary N) is 1. The lowest BCUT2D eigenvalue weighted by atomic mass is 10.2. The molecular formula is C13H9N3OS2. The molecule has 1 aliphatic heterocycles. The summed E-state index contributed by atoms with van der Waals surface area (Å²) in [7, 11) is 0. The van der Waals surface area contributed by atoms with Crippen molar-refractivity contribution in [3.05, 3.63) is 52.4 Å². The smallest absolute Gasteiger partial charge is 0.273 e. The maximum atomic E-state index is 12.3. The molecule has 1 fully saturated rings. The quantitative estimate of drug-likeness (QED) is 0.863. The maximum absolute atomic E-state index is 12.3. The first-order valence-electron chi connectivity index (χ1n) is 5.53. The molecule has 2 aromatic rings. The Hall–Kier alpha value is -1.92. The molecule has 0 bridgehead atoms. The average molecular weight is 287 g/mol. The first kappa shape index (κ1) is 12.1. The number of carbonyl (C=O) groups excluding carboxylic acids is 1. The van der Waals surface area contributed by atoms with Gasteiger partial charge in [0.2, 0.25) is 0 Å². The molecule has 0 aliphatic carbocycles. The number of thioether (sulfide) groups is 1. The summed E-state index contributed by atoms with van der Waals surface area (Å²) in [5.41, 5.74) is 0.951. The lowest BCUT2D eigenvalue weighted by molar-refractivity contribution is -0.113. The summed E-state index contributed by atoms with van der Waals surface area (Å²) < 4.78 is 0. The Balaban J connectivity index is 1.93. The molecule has 0 radical (unpaired) electrons. The second-order valence-corrected chi connectivity index (χ2v) is 5.69. The van der Waals surface area contributed by atoms with Crippen LogP contribution < -0.4 is 4.90 Å². The number of hydrogen-bond acceptors (Lipinski definition) is 5. The second kappa shape index (κ2) is 4.99. The maximum Gasteiger partial charge on any atom is 0.273 e. The third-order valence-corrected chi connectivity index (χ3v) is 4.18. The Labute approximate surface area is 118 Å². The van der Waals surface area contributed by atoms with Crippen molar-refractivity contribution >= 4 is 45.4 Å². The lowest BCUT2D eigenvalue weighted by Gasteiger charge is -2.08. The van der Waals surface area contributed by atoms with Crippen molar-refractivity contribution in [2.24, 2.45) is 0 Å². The number of benzene rings is 1. The van der Waals surface area contributed by atoms with Gasteiger partial charge in [-0.1, -0.05) is 30.3 Å². The first-order valence-corrected chi connectivity index (χ1v) is 7.22. The zero-order chi connectivity index (χ0) is 13.2. The zero-order valence-electron chi connectivity index (χ0n) is 9.74. The number of thiazole rings is 1. The molecule has 1 aromatic heterocycles. The van der Waals surface area contributed by atoms with Crippen molar-refractivity contribution in [1.29, 1.82) is 5.41 Å². The standard InChI is InChI=1S/C13H9N3OS2/c14-12-16(13-15-6-7-18-13)11(17)10(19-12)8-9-4-2-1-3-5-9/h1-8,14H/b10-8+,14-12?. The van der Waals surface area contributed by atoms with Gasteiger partial charge in [0, 0.05) is 11.6 Å². The molecule has 1 amide bonds. The van der Waals surface area contributed by atoms with Crippen molar-refractivity contribution in [2.45, 2.75) is 0 Å². The molecule has 94 valence electrons. The molecule has 1 saturated heterocycles. The first-order chi connectivity index (χ1) is 9.25. The molecule has 1 aromatic carbocycles. The summed E-state index contributed by atoms with van der Waals surface area (Å²) in [6.45, 7) is 0. The van der Waals surface area contributed by atoms with Crippen LogP contribution in [0.4, 0.5) is 5.13 Å². The van der Waals surface area contributed by atoms with Crippen molar-refractivity contribution in [3.63, 3.8) is 0 Å². The number of amides is 1. The van der Waals surface area contributed by atoms with Gasteiger partial charge in [-0.3, -0.25) is 10.2 Å². The van der Waals surface area contributed by atoms with Gasteiger partial charge in [0.25, 0.3) is 5.91 Å². The number of amidine groups is 1. The summed E-state index contributed by atoms with van der Waals surface area (Å²) in [6, 6.07) is 9.61. The number of rotatable bonds is 2. The number of carbonyl (C=O) groups is 1. The minimum Gasteiger partial charge on any atom is -0.278 e. The van der Waals surface area contributed by atoms with E-state index >= 15 is 0 Å². The number of hydrogen-bond donors (Lipinski definition) is 1. The Kier molecular flexibility index (Phi) is 3.18. The molecular weight excluding hydrogens is 278 g/mol. The van der Waals surface area contributed by atoms with Crippen LogP contribution in [0.5, 0.6) is 0 Å². The number of anilines is 1. The summed E-state index contributed by atoms with van der Waals surface area (Å²) in [5.74, 6) is -0.186. The SMILES string of the molecule is N=C1S/C(=C/c2ccccc2)C(=O)N1c1nccs1. The summed E-state index contributed by atoms with van der Waals surface area (Å²) in [4.78, 5) is 18.2. The van der Waals surface area contributed by atoms with Crippen LogP contribution in [0.3, 0.4) is 0 Å². The Morgan fingerprint density at radius 2 is 2.05 bits per heavy atom. The highest BCUT2D eigenvalue weighted by molar-refractivity contribution is 8.19. The molecule has 3 rings (SSSR count). The third kappa shape index (κ3) is 2.32. The predicted molar refractivity (Wildman–Crippen MR) is 79.3 cm³/mol. The molecule has 4 nitrogen and oxygen atoms in total. The van der Waals surface area contributed by atoms with E-state index in [-0.39, 0.29) is 11.1 Å². The summed E-state index contributed by atoms with van der Waals surface area (Å²) >= 11 is 2.51. The fraction of sp³-hybridized carbons (Fsp3) is 0. The van der Waals surface area contributed by atoms with Gasteiger partial charge in [0.05, 0.1) is 4.91 Å². The van der Waals surface area contributed by atoms with Gasteiger partial charge in [0.1, 0.15) is 0 Å². The minimum atomic E-state index is -0.186. The van der Waals surface area contributed by atoms with E-state index < -0.39 is 0 Å². The van der Waals surface area contributed by atoms with Crippen LogP contribution in [0.15, 0.2) is 46.8 Å². The fourth-order valence-electron chi connectivity index (χ4n) is 1.69. The van der Waals surface area contributed by atoms with Crippen molar-refractivity contribution < 1.29 is 4.79 Å². The van der Waals surface area contributed by atoms with E-state index in [2.05, 4.69) is 4.98 Å².